The third kappa shape index (κ3) is 10.5. The Kier molecular flexibility index (Phi) is 12.9. The second-order valence-corrected chi connectivity index (χ2v) is 10.5. The Labute approximate surface area is 214 Å². The maximum absolute atomic E-state index is 12.4. The smallest absolute Gasteiger partial charge is 0.338 e. The number of rotatable bonds is 17. The van der Waals surface area contributed by atoms with Gasteiger partial charge in [-0.3, -0.25) is 4.98 Å². The van der Waals surface area contributed by atoms with Gasteiger partial charge in [-0.2, -0.15) is 0 Å². The van der Waals surface area contributed by atoms with E-state index < -0.39 is 0 Å². The zero-order valence-corrected chi connectivity index (χ0v) is 22.1. The molecule has 3 heteroatoms. The van der Waals surface area contributed by atoms with Crippen molar-refractivity contribution in [1.29, 1.82) is 0 Å². The molecule has 0 radical (unpaired) electrons. The summed E-state index contributed by atoms with van der Waals surface area (Å²) < 4.78 is 5.49. The molecule has 192 valence electrons. The fourth-order valence-electron chi connectivity index (χ4n) is 5.24. The Hall–Kier alpha value is -2.16. The molecule has 0 bridgehead atoms. The van der Waals surface area contributed by atoms with Gasteiger partial charge in [0.25, 0.3) is 0 Å². The monoisotopic (exact) mass is 477 g/mol. The van der Waals surface area contributed by atoms with Crippen LogP contribution in [0.15, 0.2) is 42.6 Å². The van der Waals surface area contributed by atoms with E-state index in [0.29, 0.717) is 12.2 Å². The number of ether oxygens (including phenoxy) is 1. The summed E-state index contributed by atoms with van der Waals surface area (Å²) in [6, 6.07) is 11.9. The summed E-state index contributed by atoms with van der Waals surface area (Å²) >= 11 is 0. The number of esters is 1. The highest BCUT2D eigenvalue weighted by Crippen LogP contribution is 2.29. The molecule has 35 heavy (non-hydrogen) atoms. The van der Waals surface area contributed by atoms with Crippen molar-refractivity contribution in [3.63, 3.8) is 0 Å². The lowest BCUT2D eigenvalue weighted by molar-refractivity contribution is 0.0497. The molecule has 1 aromatic carbocycles. The Morgan fingerprint density at radius 3 is 2.23 bits per heavy atom. The molecule has 2 aromatic rings. The van der Waals surface area contributed by atoms with Crippen LogP contribution in [-0.4, -0.2) is 17.6 Å². The van der Waals surface area contributed by atoms with E-state index >= 15 is 0 Å². The van der Waals surface area contributed by atoms with Gasteiger partial charge < -0.3 is 4.74 Å². The van der Waals surface area contributed by atoms with Crippen LogP contribution in [0.25, 0.3) is 11.3 Å². The third-order valence-electron chi connectivity index (χ3n) is 7.52. The van der Waals surface area contributed by atoms with E-state index in [1.165, 1.54) is 95.5 Å². The lowest BCUT2D eigenvalue weighted by Crippen LogP contribution is -2.06. The van der Waals surface area contributed by atoms with Gasteiger partial charge in [0.1, 0.15) is 0 Å². The summed E-state index contributed by atoms with van der Waals surface area (Å²) in [7, 11) is 0. The lowest BCUT2D eigenvalue weighted by atomic mass is 9.99. The number of unbranched alkanes of at least 4 members (excludes halogenated alkanes) is 9. The van der Waals surface area contributed by atoms with Crippen molar-refractivity contribution in [1.82, 2.24) is 4.98 Å². The second-order valence-electron chi connectivity index (χ2n) is 10.5. The van der Waals surface area contributed by atoms with Gasteiger partial charge >= 0.3 is 5.97 Å². The van der Waals surface area contributed by atoms with Gasteiger partial charge in [-0.15, -0.1) is 0 Å². The minimum absolute atomic E-state index is 0.222. The molecule has 3 nitrogen and oxygen atoms in total. The van der Waals surface area contributed by atoms with E-state index in [9.17, 15) is 4.79 Å². The van der Waals surface area contributed by atoms with Crippen LogP contribution in [0.1, 0.15) is 126 Å². The number of carbonyl (C=O) groups excluding carboxylic acids is 1. The molecule has 3 rings (SSSR count). The lowest BCUT2D eigenvalue weighted by Gasteiger charge is -2.08. The number of carbonyl (C=O) groups is 1. The van der Waals surface area contributed by atoms with Gasteiger partial charge in [0.15, 0.2) is 0 Å². The molecule has 0 unspecified atom stereocenters. The number of nitrogens with zero attached hydrogens (tertiary/aromatic N) is 1. The first kappa shape index (κ1) is 27.4. The largest absolute Gasteiger partial charge is 0.462 e. The van der Waals surface area contributed by atoms with Crippen molar-refractivity contribution < 1.29 is 9.53 Å². The number of benzene rings is 1. The molecular weight excluding hydrogens is 430 g/mol. The number of aromatic nitrogens is 1. The number of aryl methyl sites for hydroxylation is 1. The average molecular weight is 478 g/mol. The zero-order chi connectivity index (χ0) is 24.6. The first-order valence-electron chi connectivity index (χ1n) is 14.5. The minimum atomic E-state index is -0.222. The standard InChI is InChI=1S/C32H47NO2/c1-2-3-4-5-7-11-18-28-19-24-31(33-26-28)29-20-22-30(23-21-29)32(34)35-25-14-9-6-8-10-15-27-16-12-13-17-27/h19-24,26-27H,2-18,25H2,1H3. The fraction of sp³-hybridized carbons (Fsp3) is 0.625. The van der Waals surface area contributed by atoms with Crippen molar-refractivity contribution in [3.05, 3.63) is 53.7 Å². The molecular formula is C32H47NO2. The molecule has 0 amide bonds. The van der Waals surface area contributed by atoms with Crippen molar-refractivity contribution in [2.24, 2.45) is 5.92 Å². The molecule has 0 atom stereocenters. The van der Waals surface area contributed by atoms with Crippen molar-refractivity contribution in [2.75, 3.05) is 6.61 Å². The summed E-state index contributed by atoms with van der Waals surface area (Å²) in [4.78, 5) is 17.0. The van der Waals surface area contributed by atoms with Gasteiger partial charge in [-0.05, 0) is 48.9 Å². The molecule has 1 heterocycles. The van der Waals surface area contributed by atoms with Crippen LogP contribution in [0.3, 0.4) is 0 Å². The molecule has 0 N–H and O–H groups in total. The average Bonchev–Trinajstić information content (AvgIpc) is 3.42. The number of pyridine rings is 1. The van der Waals surface area contributed by atoms with Crippen LogP contribution in [0.2, 0.25) is 0 Å². The molecule has 1 aliphatic carbocycles. The van der Waals surface area contributed by atoms with Crippen LogP contribution in [0.4, 0.5) is 0 Å². The predicted octanol–water partition coefficient (Wildman–Crippen LogP) is 9.34. The van der Waals surface area contributed by atoms with Gasteiger partial charge in [0.2, 0.25) is 0 Å². The molecule has 1 saturated carbocycles. The predicted molar refractivity (Wildman–Crippen MR) is 147 cm³/mol. The van der Waals surface area contributed by atoms with Gasteiger partial charge in [0.05, 0.1) is 17.9 Å². The Balaban J connectivity index is 1.29. The molecule has 1 aliphatic rings. The van der Waals surface area contributed by atoms with E-state index in [0.717, 1.165) is 36.4 Å². The Morgan fingerprint density at radius 1 is 0.829 bits per heavy atom. The minimum Gasteiger partial charge on any atom is -0.462 e. The Morgan fingerprint density at radius 2 is 1.51 bits per heavy atom. The van der Waals surface area contributed by atoms with Crippen LogP contribution in [0, 0.1) is 5.92 Å². The molecule has 0 spiro atoms. The highest BCUT2D eigenvalue weighted by molar-refractivity contribution is 5.90. The number of hydrogen-bond donors (Lipinski definition) is 0. The highest BCUT2D eigenvalue weighted by atomic mass is 16.5. The summed E-state index contributed by atoms with van der Waals surface area (Å²) in [6.07, 6.45) is 24.3. The van der Waals surface area contributed by atoms with Crippen LogP contribution in [-0.2, 0) is 11.2 Å². The topological polar surface area (TPSA) is 39.2 Å². The van der Waals surface area contributed by atoms with Crippen molar-refractivity contribution in [3.8, 4) is 11.3 Å². The fourth-order valence-corrected chi connectivity index (χ4v) is 5.24. The normalized spacial score (nSPS) is 13.9. The molecule has 1 aromatic heterocycles. The van der Waals surface area contributed by atoms with Gasteiger partial charge in [-0.25, -0.2) is 4.79 Å². The van der Waals surface area contributed by atoms with Gasteiger partial charge in [-0.1, -0.05) is 115 Å². The second kappa shape index (κ2) is 16.5. The quantitative estimate of drug-likeness (QED) is 0.168. The van der Waals surface area contributed by atoms with E-state index in [4.69, 9.17) is 4.74 Å². The van der Waals surface area contributed by atoms with Crippen LogP contribution in [0.5, 0.6) is 0 Å². The summed E-state index contributed by atoms with van der Waals surface area (Å²) in [5.41, 5.74) is 3.90. The highest BCUT2D eigenvalue weighted by Gasteiger charge is 2.14. The third-order valence-corrected chi connectivity index (χ3v) is 7.52. The Bertz CT molecular complexity index is 822. The summed E-state index contributed by atoms with van der Waals surface area (Å²) in [6.45, 7) is 2.78. The molecule has 1 fully saturated rings. The van der Waals surface area contributed by atoms with Crippen LogP contribution >= 0.6 is 0 Å². The maximum Gasteiger partial charge on any atom is 0.338 e. The van der Waals surface area contributed by atoms with E-state index in [2.05, 4.69) is 24.0 Å². The first-order chi connectivity index (χ1) is 17.3. The van der Waals surface area contributed by atoms with E-state index in [1.54, 1.807) is 0 Å². The summed E-state index contributed by atoms with van der Waals surface area (Å²) in [5, 5.41) is 0. The SMILES string of the molecule is CCCCCCCCc1ccc(-c2ccc(C(=O)OCCCCCCCC3CCCC3)cc2)nc1. The van der Waals surface area contributed by atoms with Crippen molar-refractivity contribution in [2.45, 2.75) is 116 Å². The van der Waals surface area contributed by atoms with E-state index in [-0.39, 0.29) is 5.97 Å². The number of hydrogen-bond acceptors (Lipinski definition) is 3. The first-order valence-corrected chi connectivity index (χ1v) is 14.5. The van der Waals surface area contributed by atoms with E-state index in [1.807, 2.05) is 30.5 Å². The van der Waals surface area contributed by atoms with Crippen molar-refractivity contribution >= 4 is 5.97 Å². The molecule has 0 saturated heterocycles. The molecule has 0 aliphatic heterocycles. The maximum atomic E-state index is 12.4. The zero-order valence-electron chi connectivity index (χ0n) is 22.1. The van der Waals surface area contributed by atoms with Gasteiger partial charge in [0, 0.05) is 11.8 Å². The van der Waals surface area contributed by atoms with Crippen LogP contribution < -0.4 is 0 Å². The summed E-state index contributed by atoms with van der Waals surface area (Å²) in [5.74, 6) is 0.785.